The Morgan fingerprint density at radius 1 is 0.952 bits per heavy atom. The number of amides is 1. The zero-order valence-electron chi connectivity index (χ0n) is 23.2. The Kier molecular flexibility index (Phi) is 10.9. The number of H-pyrrole nitrogens is 1. The highest BCUT2D eigenvalue weighted by Crippen LogP contribution is 2.40. The molecule has 2 N–H and O–H groups in total. The molecule has 3 aromatic carbocycles. The molecule has 7 nitrogen and oxygen atoms in total. The lowest BCUT2D eigenvalue weighted by Crippen LogP contribution is -2.42. The van der Waals surface area contributed by atoms with Crippen molar-refractivity contribution in [1.29, 1.82) is 0 Å². The van der Waals surface area contributed by atoms with Crippen molar-refractivity contribution in [3.05, 3.63) is 93.6 Å². The number of aliphatic hydroxyl groups is 1. The number of hydrogen-bond donors (Lipinski definition) is 2. The predicted octanol–water partition coefficient (Wildman–Crippen LogP) is 8.20. The van der Waals surface area contributed by atoms with Crippen LogP contribution < -0.4 is 9.47 Å². The van der Waals surface area contributed by atoms with Crippen molar-refractivity contribution in [2.75, 3.05) is 32.8 Å². The molecule has 2 heterocycles. The number of rotatable bonds is 12. The van der Waals surface area contributed by atoms with Gasteiger partial charge in [-0.2, -0.15) is 0 Å². The maximum atomic E-state index is 13.5. The molecule has 0 aliphatic carbocycles. The zero-order valence-corrected chi connectivity index (χ0v) is 26.9. The van der Waals surface area contributed by atoms with Crippen molar-refractivity contribution in [3.63, 3.8) is 0 Å². The summed E-state index contributed by atoms with van der Waals surface area (Å²) in [6.45, 7) is 3.04. The Labute approximate surface area is 270 Å². The van der Waals surface area contributed by atoms with E-state index in [1.807, 2.05) is 42.5 Å². The number of carbonyl (C=O) groups excluding carboxylic acids is 1. The van der Waals surface area contributed by atoms with Crippen molar-refractivity contribution in [2.45, 2.75) is 38.1 Å². The molecule has 1 unspecified atom stereocenters. The maximum absolute atomic E-state index is 13.5. The molecule has 5 rings (SSSR count). The molecule has 0 saturated heterocycles. The Morgan fingerprint density at radius 2 is 1.67 bits per heavy atom. The molecular weight excluding hydrogens is 688 g/mol. The van der Waals surface area contributed by atoms with E-state index >= 15 is 0 Å². The van der Waals surface area contributed by atoms with Gasteiger partial charge in [-0.3, -0.25) is 4.90 Å². The lowest BCUT2D eigenvalue weighted by molar-refractivity contribution is 0.135. The Bertz CT molecular complexity index is 1480. The minimum Gasteiger partial charge on any atom is -0.494 e. The first-order valence-electron chi connectivity index (χ1n) is 14.2. The predicted molar refractivity (Wildman–Crippen MR) is 176 cm³/mol. The number of hydrogen-bond acceptors (Lipinski definition) is 5. The van der Waals surface area contributed by atoms with Crippen molar-refractivity contribution < 1.29 is 19.4 Å². The van der Waals surface area contributed by atoms with Gasteiger partial charge >= 0.3 is 6.09 Å². The number of aromatic nitrogens is 1. The van der Waals surface area contributed by atoms with Gasteiger partial charge in [-0.05, 0) is 85.0 Å². The minimum absolute atomic E-state index is 0.194. The van der Waals surface area contributed by atoms with Crippen LogP contribution in [0.25, 0.3) is 10.9 Å². The van der Waals surface area contributed by atoms with Crippen molar-refractivity contribution >= 4 is 63.1 Å². The lowest BCUT2D eigenvalue weighted by atomic mass is 9.92. The molecule has 0 radical (unpaired) electrons. The molecule has 0 spiro atoms. The molecular formula is C32H34Cl2IN3O4. The van der Waals surface area contributed by atoms with Crippen molar-refractivity contribution in [3.8, 4) is 11.5 Å². The van der Waals surface area contributed by atoms with E-state index in [4.69, 9.17) is 37.8 Å². The van der Waals surface area contributed by atoms with Gasteiger partial charge in [-0.1, -0.05) is 48.2 Å². The molecule has 222 valence electrons. The summed E-state index contributed by atoms with van der Waals surface area (Å²) in [5, 5.41) is 11.3. The summed E-state index contributed by atoms with van der Waals surface area (Å²) in [5.74, 6) is 1.24. The molecule has 4 aromatic rings. The van der Waals surface area contributed by atoms with Gasteiger partial charge in [-0.25, -0.2) is 7.91 Å². The van der Waals surface area contributed by atoms with E-state index in [1.54, 1.807) is 29.2 Å². The van der Waals surface area contributed by atoms with E-state index in [0.29, 0.717) is 41.9 Å². The lowest BCUT2D eigenvalue weighted by Gasteiger charge is -2.35. The third kappa shape index (κ3) is 7.71. The molecule has 0 bridgehead atoms. The topological polar surface area (TPSA) is 78.0 Å². The SMILES string of the molecule is O=C(Oc1ccc(Cl)cc1)N1CCc2c([nH]c3ccc(Cl)cc23)C1c1ccc(OCCCCCCN(I)CCO)cc1. The molecule has 1 amide bonds. The van der Waals surface area contributed by atoms with E-state index in [-0.39, 0.29) is 12.6 Å². The quantitative estimate of drug-likeness (QED) is 0.0877. The zero-order chi connectivity index (χ0) is 29.5. The van der Waals surface area contributed by atoms with E-state index < -0.39 is 6.09 Å². The number of carbonyl (C=O) groups is 1. The van der Waals surface area contributed by atoms with E-state index in [2.05, 4.69) is 31.0 Å². The van der Waals surface area contributed by atoms with Gasteiger partial charge in [-0.15, -0.1) is 0 Å². The number of nitrogens with zero attached hydrogens (tertiary/aromatic N) is 2. The summed E-state index contributed by atoms with van der Waals surface area (Å²) in [6, 6.07) is 20.2. The smallest absolute Gasteiger partial charge is 0.416 e. The number of fused-ring (bicyclic) bond motifs is 3. The molecule has 1 atom stereocenters. The van der Waals surface area contributed by atoms with Gasteiger partial charge in [0.05, 0.1) is 13.2 Å². The molecule has 1 aromatic heterocycles. The molecule has 1 aliphatic heterocycles. The first-order valence-corrected chi connectivity index (χ1v) is 15.9. The third-order valence-corrected chi connectivity index (χ3v) is 8.90. The van der Waals surface area contributed by atoms with Crippen LogP contribution >= 0.6 is 46.1 Å². The first kappa shape index (κ1) is 30.9. The van der Waals surface area contributed by atoms with Gasteiger partial charge in [0.1, 0.15) is 17.5 Å². The van der Waals surface area contributed by atoms with Gasteiger partial charge in [0, 0.05) is 69.1 Å². The van der Waals surface area contributed by atoms with Gasteiger partial charge < -0.3 is 19.6 Å². The Morgan fingerprint density at radius 3 is 2.43 bits per heavy atom. The highest BCUT2D eigenvalue weighted by molar-refractivity contribution is 14.1. The second kappa shape index (κ2) is 14.8. The minimum atomic E-state index is -0.424. The van der Waals surface area contributed by atoms with Crippen LogP contribution in [0.1, 0.15) is 48.5 Å². The number of unbranched alkanes of at least 4 members (excludes halogenated alkanes) is 3. The summed E-state index contributed by atoms with van der Waals surface area (Å²) in [7, 11) is 0. The number of nitrogens with one attached hydrogen (secondary N) is 1. The summed E-state index contributed by atoms with van der Waals surface area (Å²) in [4.78, 5) is 18.8. The fraction of sp³-hybridized carbons (Fsp3) is 0.344. The van der Waals surface area contributed by atoms with Gasteiger partial charge in [0.15, 0.2) is 0 Å². The summed E-state index contributed by atoms with van der Waals surface area (Å²) < 4.78 is 13.9. The standard InChI is InChI=1S/C32H34Cl2IN3O4/c33-23-7-12-26(13-8-23)42-32(40)38-17-15-27-28-21-24(34)9-14-29(28)36-30(27)31(38)22-5-10-25(11-6-22)41-20-4-2-1-3-16-37(35)18-19-39/h5-14,21,31,36,39H,1-4,15-20H2. The average Bonchev–Trinajstić information content (AvgIpc) is 3.35. The molecule has 42 heavy (non-hydrogen) atoms. The highest BCUT2D eigenvalue weighted by Gasteiger charge is 2.35. The van der Waals surface area contributed by atoms with Crippen LogP contribution in [0.5, 0.6) is 11.5 Å². The molecule has 10 heteroatoms. The number of aromatic amines is 1. The second-order valence-electron chi connectivity index (χ2n) is 10.3. The van der Waals surface area contributed by atoms with E-state index in [0.717, 1.165) is 65.7 Å². The summed E-state index contributed by atoms with van der Waals surface area (Å²) >= 11 is 14.6. The molecule has 1 aliphatic rings. The number of ether oxygens (including phenoxy) is 2. The summed E-state index contributed by atoms with van der Waals surface area (Å²) in [5.41, 5.74) is 4.07. The van der Waals surface area contributed by atoms with E-state index in [9.17, 15) is 4.79 Å². The van der Waals surface area contributed by atoms with Crippen LogP contribution in [0, 0.1) is 0 Å². The van der Waals surface area contributed by atoms with Crippen LogP contribution in [0.15, 0.2) is 66.7 Å². The van der Waals surface area contributed by atoms with Crippen LogP contribution in [0.2, 0.25) is 10.0 Å². The Balaban J connectivity index is 1.28. The summed E-state index contributed by atoms with van der Waals surface area (Å²) in [6.07, 6.45) is 4.58. The third-order valence-electron chi connectivity index (χ3n) is 7.44. The second-order valence-corrected chi connectivity index (χ2v) is 12.6. The van der Waals surface area contributed by atoms with Crippen LogP contribution in [-0.2, 0) is 6.42 Å². The highest BCUT2D eigenvalue weighted by atomic mass is 127. The van der Waals surface area contributed by atoms with Gasteiger partial charge in [0.25, 0.3) is 0 Å². The fourth-order valence-electron chi connectivity index (χ4n) is 5.36. The van der Waals surface area contributed by atoms with E-state index in [1.165, 1.54) is 0 Å². The maximum Gasteiger partial charge on any atom is 0.416 e. The fourth-order valence-corrected chi connectivity index (χ4v) is 6.22. The largest absolute Gasteiger partial charge is 0.494 e. The Hall–Kier alpha value is -2.50. The average molecular weight is 722 g/mol. The van der Waals surface area contributed by atoms with Crippen molar-refractivity contribution in [2.24, 2.45) is 0 Å². The molecule has 0 fully saturated rings. The first-order chi connectivity index (χ1) is 20.4. The van der Waals surface area contributed by atoms with Crippen LogP contribution in [-0.4, -0.2) is 57.0 Å². The monoisotopic (exact) mass is 721 g/mol. The molecule has 0 saturated carbocycles. The number of benzene rings is 3. The van der Waals surface area contributed by atoms with Crippen LogP contribution in [0.3, 0.4) is 0 Å². The number of halogens is 3. The van der Waals surface area contributed by atoms with Crippen LogP contribution in [0.4, 0.5) is 4.79 Å². The number of aliphatic hydroxyl groups excluding tert-OH is 1. The van der Waals surface area contributed by atoms with Crippen molar-refractivity contribution in [1.82, 2.24) is 13.0 Å². The van der Waals surface area contributed by atoms with Gasteiger partial charge in [0.2, 0.25) is 0 Å². The normalized spacial score (nSPS) is 14.8.